The molecule has 0 amide bonds. The first-order chi connectivity index (χ1) is 18.5. The van der Waals surface area contributed by atoms with Gasteiger partial charge in [0.2, 0.25) is 0 Å². The van der Waals surface area contributed by atoms with Crippen LogP contribution in [-0.4, -0.2) is 29.1 Å². The molecule has 4 nitrogen and oxygen atoms in total. The zero-order valence-electron chi connectivity index (χ0n) is 25.4. The molecule has 1 radical (unpaired) electrons. The van der Waals surface area contributed by atoms with Gasteiger partial charge in [0.25, 0.3) is 0 Å². The first-order valence-corrected chi connectivity index (χ1v) is 15.2. The van der Waals surface area contributed by atoms with Crippen molar-refractivity contribution in [3.8, 4) is 0 Å². The van der Waals surface area contributed by atoms with Gasteiger partial charge < -0.3 is 57.8 Å². The molecule has 0 saturated carbocycles. The van der Waals surface area contributed by atoms with Crippen molar-refractivity contribution in [3.05, 3.63) is 71.8 Å². The first-order valence-electron chi connectivity index (χ1n) is 15.2. The SMILES string of the molecule is CCCCCCCC(=O)O[C@H](CCCCCCC)C[C@H]([O-])[C@H](C)N(Cc1ccccc1)Cc1ccccc1.[I-].[I-].[Sm+3]. The zero-order chi connectivity index (χ0) is 27.4. The second-order valence-electron chi connectivity index (χ2n) is 10.9. The summed E-state index contributed by atoms with van der Waals surface area (Å²) in [5.41, 5.74) is 2.40. The molecule has 0 N–H and O–H groups in total. The molecule has 0 unspecified atom stereocenters. The van der Waals surface area contributed by atoms with E-state index in [1.807, 2.05) is 43.3 Å². The average Bonchev–Trinajstić information content (AvgIpc) is 2.93. The van der Waals surface area contributed by atoms with Crippen molar-refractivity contribution >= 4 is 5.97 Å². The Balaban J connectivity index is 0. The quantitative estimate of drug-likeness (QED) is 0.109. The normalized spacial score (nSPS) is 12.8. The predicted octanol–water partition coefficient (Wildman–Crippen LogP) is 1.84. The molecule has 0 heterocycles. The third-order valence-electron chi connectivity index (χ3n) is 7.48. The number of hydrogen-bond acceptors (Lipinski definition) is 4. The minimum atomic E-state index is -0.833. The molecule has 2 aromatic rings. The Hall–Kier alpha value is 0.628. The summed E-state index contributed by atoms with van der Waals surface area (Å²) in [4.78, 5) is 14.9. The Labute approximate surface area is 317 Å². The van der Waals surface area contributed by atoms with E-state index in [9.17, 15) is 9.90 Å². The van der Waals surface area contributed by atoms with Crippen LogP contribution >= 0.6 is 0 Å². The van der Waals surface area contributed by atoms with Crippen LogP contribution in [0, 0.1) is 40.4 Å². The molecule has 0 aliphatic carbocycles. The Morgan fingerprint density at radius 2 is 1.22 bits per heavy atom. The van der Waals surface area contributed by atoms with Crippen molar-refractivity contribution in [2.45, 2.75) is 136 Å². The second-order valence-corrected chi connectivity index (χ2v) is 10.9. The van der Waals surface area contributed by atoms with Gasteiger partial charge in [-0.2, -0.15) is 0 Å². The fourth-order valence-corrected chi connectivity index (χ4v) is 4.99. The maximum Gasteiger partial charge on any atom is 3.00 e. The van der Waals surface area contributed by atoms with Crippen molar-refractivity contribution in [2.24, 2.45) is 0 Å². The van der Waals surface area contributed by atoms with Crippen molar-refractivity contribution in [3.63, 3.8) is 0 Å². The van der Waals surface area contributed by atoms with Gasteiger partial charge in [-0.3, -0.25) is 9.69 Å². The summed E-state index contributed by atoms with van der Waals surface area (Å²) in [7, 11) is 0. The van der Waals surface area contributed by atoms with Crippen LogP contribution in [0.5, 0.6) is 0 Å². The van der Waals surface area contributed by atoms with E-state index >= 15 is 0 Å². The van der Waals surface area contributed by atoms with E-state index in [2.05, 4.69) is 43.0 Å². The molecule has 41 heavy (non-hydrogen) atoms. The summed E-state index contributed by atoms with van der Waals surface area (Å²) in [6.07, 6.45) is 11.8. The summed E-state index contributed by atoms with van der Waals surface area (Å²) in [5, 5.41) is 13.7. The molecule has 2 aromatic carbocycles. The molecule has 0 aliphatic rings. The van der Waals surface area contributed by atoms with E-state index in [0.717, 1.165) is 45.2 Å². The summed E-state index contributed by atoms with van der Waals surface area (Å²) < 4.78 is 5.94. The number of nitrogens with zero attached hydrogens (tertiary/aromatic N) is 1. The number of ether oxygens (including phenoxy) is 1. The van der Waals surface area contributed by atoms with Gasteiger partial charge in [0.15, 0.2) is 0 Å². The van der Waals surface area contributed by atoms with Crippen LogP contribution in [0.1, 0.15) is 115 Å². The molecule has 0 spiro atoms. The van der Waals surface area contributed by atoms with Crippen LogP contribution in [0.2, 0.25) is 0 Å². The number of benzene rings is 2. The van der Waals surface area contributed by atoms with Gasteiger partial charge in [0, 0.05) is 19.5 Å². The van der Waals surface area contributed by atoms with Crippen molar-refractivity contribution in [1.82, 2.24) is 4.90 Å². The van der Waals surface area contributed by atoms with Crippen LogP contribution in [0.3, 0.4) is 0 Å². The monoisotopic (exact) mass is 928 g/mol. The van der Waals surface area contributed by atoms with Crippen molar-refractivity contribution in [2.75, 3.05) is 0 Å². The van der Waals surface area contributed by atoms with Crippen LogP contribution in [0.15, 0.2) is 60.7 Å². The van der Waals surface area contributed by atoms with E-state index in [1.54, 1.807) is 0 Å². The van der Waals surface area contributed by atoms with E-state index in [-0.39, 0.29) is 106 Å². The maximum absolute atomic E-state index is 13.7. The minimum Gasteiger partial charge on any atom is -1.00 e. The minimum absolute atomic E-state index is 0. The van der Waals surface area contributed by atoms with Gasteiger partial charge in [-0.05, 0) is 42.9 Å². The summed E-state index contributed by atoms with van der Waals surface area (Å²) >= 11 is 0. The molecule has 7 heteroatoms. The van der Waals surface area contributed by atoms with Crippen molar-refractivity contribution in [1.29, 1.82) is 0 Å². The topological polar surface area (TPSA) is 52.6 Å². The Morgan fingerprint density at radius 1 is 0.756 bits per heavy atom. The van der Waals surface area contributed by atoms with E-state index in [4.69, 9.17) is 4.74 Å². The van der Waals surface area contributed by atoms with Gasteiger partial charge in [-0.1, -0.05) is 133 Å². The molecule has 2 rings (SSSR count). The standard InChI is InChI=1S/C34H52NO3.2HI.Sm/c1-4-6-8-10-18-24-32(38-34(37)25-19-11-9-7-5-2)26-33(36)29(3)35(27-30-20-14-12-15-21-30)28-31-22-16-13-17-23-31;;;/h12-17,20-23,29,32-33H,4-11,18-19,24-28H2,1-3H3;2*1H;/q-1;;;+3/p-2/t29-,32+,33-;;;/m0.../s1. The zero-order valence-corrected chi connectivity index (χ0v) is 32.4. The number of unbranched alkanes of at least 4 members (excludes halogenated alkanes) is 8. The fraction of sp³-hybridized carbons (Fsp3) is 0.618. The van der Waals surface area contributed by atoms with Crippen LogP contribution in [0.4, 0.5) is 0 Å². The average molecular weight is 927 g/mol. The van der Waals surface area contributed by atoms with Gasteiger partial charge in [-0.15, -0.1) is 6.10 Å². The summed E-state index contributed by atoms with van der Waals surface area (Å²) in [6, 6.07) is 20.5. The largest absolute Gasteiger partial charge is 3.00 e. The molecule has 0 aliphatic heterocycles. The predicted molar refractivity (Wildman–Crippen MR) is 157 cm³/mol. The molecule has 231 valence electrons. The molecular formula is C34H52I2NO3Sm. The van der Waals surface area contributed by atoms with Gasteiger partial charge in [-0.25, -0.2) is 0 Å². The van der Waals surface area contributed by atoms with E-state index in [1.165, 1.54) is 49.7 Å². The maximum atomic E-state index is 13.7. The first kappa shape index (κ1) is 43.8. The molecule has 0 fully saturated rings. The van der Waals surface area contributed by atoms with Crippen LogP contribution < -0.4 is 53.1 Å². The van der Waals surface area contributed by atoms with E-state index < -0.39 is 6.10 Å². The summed E-state index contributed by atoms with van der Waals surface area (Å²) in [6.45, 7) is 7.88. The Morgan fingerprint density at radius 3 is 1.71 bits per heavy atom. The second kappa shape index (κ2) is 28.1. The Bertz CT molecular complexity index is 818. The summed E-state index contributed by atoms with van der Waals surface area (Å²) in [5.74, 6) is -0.134. The fourth-order valence-electron chi connectivity index (χ4n) is 4.99. The molecule has 0 aromatic heterocycles. The molecule has 0 bridgehead atoms. The van der Waals surface area contributed by atoms with Gasteiger partial charge in [0.1, 0.15) is 6.10 Å². The number of carbonyl (C=O) groups is 1. The van der Waals surface area contributed by atoms with Crippen LogP contribution in [-0.2, 0) is 22.6 Å². The number of hydrogen-bond donors (Lipinski definition) is 0. The molecular weight excluding hydrogens is 875 g/mol. The van der Waals surface area contributed by atoms with Crippen molar-refractivity contribution < 1.29 is 103 Å². The molecule has 0 saturated heterocycles. The number of rotatable bonds is 21. The van der Waals surface area contributed by atoms with Crippen LogP contribution in [0.25, 0.3) is 0 Å². The third kappa shape index (κ3) is 20.3. The number of halogens is 2. The number of esters is 1. The van der Waals surface area contributed by atoms with Gasteiger partial charge in [0.05, 0.1) is 0 Å². The smallest absolute Gasteiger partial charge is 1.00 e. The van der Waals surface area contributed by atoms with Gasteiger partial charge >= 0.3 is 46.4 Å². The third-order valence-corrected chi connectivity index (χ3v) is 7.48. The molecule has 3 atom stereocenters. The van der Waals surface area contributed by atoms with E-state index in [0.29, 0.717) is 12.8 Å². The number of carbonyl (C=O) groups excluding carboxylic acids is 1. The Kier molecular flexibility index (Phi) is 30.0.